The van der Waals surface area contributed by atoms with Gasteiger partial charge in [0.25, 0.3) is 17.7 Å². The van der Waals surface area contributed by atoms with Gasteiger partial charge in [0.2, 0.25) is 10.0 Å². The van der Waals surface area contributed by atoms with E-state index in [1.165, 1.54) is 24.3 Å². The van der Waals surface area contributed by atoms with Crippen molar-refractivity contribution in [2.45, 2.75) is 64.2 Å². The lowest BCUT2D eigenvalue weighted by molar-refractivity contribution is -0.216. The standard InChI is InChI=1S/C23H25F3N2O5S/c1-21(2,23(24,25)26)11-16(27-18(29)14-5-3-4-6-15(14)19(27)30)20(31)28-17-9-13-7-8-22(17,10-13)12-34(28,32)33/h3-6,13,16-17H,7-12H2,1-2H3/t13?,16-,17?,22?/m0/s1. The Kier molecular flexibility index (Phi) is 4.84. The molecule has 2 heterocycles. The molecule has 2 aliphatic heterocycles. The molecule has 11 heteroatoms. The van der Waals surface area contributed by atoms with E-state index in [1.54, 1.807) is 0 Å². The van der Waals surface area contributed by atoms with Gasteiger partial charge < -0.3 is 0 Å². The number of hydrogen-bond acceptors (Lipinski definition) is 5. The van der Waals surface area contributed by atoms with Crippen LogP contribution in [-0.4, -0.2) is 59.4 Å². The SMILES string of the molecule is CC(C)(C[C@@H](C(=O)N1C2CC3CCC2(C3)CS1(=O)=O)N1C(=O)c2ccccc2C1=O)C(F)(F)F. The van der Waals surface area contributed by atoms with Gasteiger partial charge in [-0.25, -0.2) is 12.7 Å². The zero-order chi connectivity index (χ0) is 24.8. The van der Waals surface area contributed by atoms with Crippen molar-refractivity contribution in [2.75, 3.05) is 5.75 Å². The first-order valence-corrected chi connectivity index (χ1v) is 12.9. The molecule has 0 N–H and O–H groups in total. The number of carbonyl (C=O) groups is 3. The number of fused-ring (bicyclic) bond motifs is 2. The molecule has 1 spiro atoms. The lowest BCUT2D eigenvalue weighted by Crippen LogP contribution is -2.56. The first-order valence-electron chi connectivity index (χ1n) is 11.3. The molecule has 1 aromatic carbocycles. The van der Waals surface area contributed by atoms with Crippen LogP contribution in [0.2, 0.25) is 0 Å². The maximum absolute atomic E-state index is 13.8. The second kappa shape index (κ2) is 7.05. The summed E-state index contributed by atoms with van der Waals surface area (Å²) in [5.41, 5.74) is -3.09. The van der Waals surface area contributed by atoms with E-state index in [4.69, 9.17) is 0 Å². The topological polar surface area (TPSA) is 91.8 Å². The molecule has 3 fully saturated rings. The number of alkyl halides is 3. The molecule has 1 saturated heterocycles. The molecule has 5 rings (SSSR count). The van der Waals surface area contributed by atoms with E-state index in [2.05, 4.69) is 0 Å². The number of halogens is 3. The van der Waals surface area contributed by atoms with Crippen LogP contribution in [0.25, 0.3) is 0 Å². The van der Waals surface area contributed by atoms with Crippen LogP contribution < -0.4 is 0 Å². The predicted molar refractivity (Wildman–Crippen MR) is 114 cm³/mol. The second-order valence-electron chi connectivity index (χ2n) is 10.7. The van der Waals surface area contributed by atoms with E-state index >= 15 is 0 Å². The Morgan fingerprint density at radius 2 is 1.74 bits per heavy atom. The minimum atomic E-state index is -4.75. The van der Waals surface area contributed by atoms with Crippen molar-refractivity contribution in [3.8, 4) is 0 Å². The minimum absolute atomic E-state index is 0.0178. The monoisotopic (exact) mass is 498 g/mol. The van der Waals surface area contributed by atoms with Crippen molar-refractivity contribution in [3.05, 3.63) is 35.4 Å². The fourth-order valence-corrected chi connectivity index (χ4v) is 8.77. The van der Waals surface area contributed by atoms with Gasteiger partial charge in [-0.05, 0) is 50.2 Å². The second-order valence-corrected chi connectivity index (χ2v) is 12.6. The smallest absolute Gasteiger partial charge is 0.271 e. The van der Waals surface area contributed by atoms with Crippen LogP contribution in [-0.2, 0) is 14.8 Å². The predicted octanol–water partition coefficient (Wildman–Crippen LogP) is 3.36. The molecule has 7 nitrogen and oxygen atoms in total. The molecule has 2 saturated carbocycles. The average molecular weight is 499 g/mol. The van der Waals surface area contributed by atoms with Gasteiger partial charge in [-0.1, -0.05) is 26.0 Å². The third-order valence-electron chi connectivity index (χ3n) is 8.17. The van der Waals surface area contributed by atoms with Crippen LogP contribution in [0, 0.1) is 16.7 Å². The van der Waals surface area contributed by atoms with Crippen molar-refractivity contribution in [1.82, 2.24) is 9.21 Å². The van der Waals surface area contributed by atoms with Crippen LogP contribution in [0.1, 0.15) is 66.7 Å². The Labute approximate surface area is 195 Å². The Hall–Kier alpha value is -2.43. The molecule has 2 bridgehead atoms. The molecule has 184 valence electrons. The third kappa shape index (κ3) is 3.15. The summed E-state index contributed by atoms with van der Waals surface area (Å²) in [6.07, 6.45) is -3.07. The molecule has 0 aromatic heterocycles. The molecular formula is C23H25F3N2O5S. The Morgan fingerprint density at radius 1 is 1.15 bits per heavy atom. The van der Waals surface area contributed by atoms with Crippen molar-refractivity contribution in [1.29, 1.82) is 0 Å². The molecule has 34 heavy (non-hydrogen) atoms. The summed E-state index contributed by atoms with van der Waals surface area (Å²) in [4.78, 5) is 40.6. The van der Waals surface area contributed by atoms with Gasteiger partial charge in [0, 0.05) is 5.41 Å². The van der Waals surface area contributed by atoms with Crippen molar-refractivity contribution in [3.63, 3.8) is 0 Å². The van der Waals surface area contributed by atoms with E-state index < -0.39 is 63.3 Å². The Balaban J connectivity index is 1.58. The van der Waals surface area contributed by atoms with Crippen LogP contribution >= 0.6 is 0 Å². The molecular weight excluding hydrogens is 473 g/mol. The highest BCUT2D eigenvalue weighted by atomic mass is 32.2. The van der Waals surface area contributed by atoms with Crippen LogP contribution in [0.15, 0.2) is 24.3 Å². The summed E-state index contributed by atoms with van der Waals surface area (Å²) in [6.45, 7) is 1.76. The number of benzene rings is 1. The average Bonchev–Trinajstić information content (AvgIpc) is 3.40. The first-order chi connectivity index (χ1) is 15.7. The molecule has 2 aliphatic carbocycles. The fourth-order valence-electron chi connectivity index (χ4n) is 6.36. The van der Waals surface area contributed by atoms with Crippen molar-refractivity contribution < 1.29 is 36.0 Å². The molecule has 3 unspecified atom stereocenters. The maximum atomic E-state index is 13.8. The number of rotatable bonds is 4. The van der Waals surface area contributed by atoms with Gasteiger partial charge in [0.1, 0.15) is 6.04 Å². The van der Waals surface area contributed by atoms with Gasteiger partial charge in [-0.2, -0.15) is 13.2 Å². The largest absolute Gasteiger partial charge is 0.394 e. The summed E-state index contributed by atoms with van der Waals surface area (Å²) in [7, 11) is -4.10. The maximum Gasteiger partial charge on any atom is 0.394 e. The highest BCUT2D eigenvalue weighted by molar-refractivity contribution is 7.90. The normalized spacial score (nSPS) is 30.6. The lowest BCUT2D eigenvalue weighted by atomic mass is 9.81. The van der Waals surface area contributed by atoms with E-state index in [-0.39, 0.29) is 22.8 Å². The molecule has 1 aromatic rings. The summed E-state index contributed by atoms with van der Waals surface area (Å²) in [6, 6.07) is 3.21. The molecule has 4 atom stereocenters. The lowest BCUT2D eigenvalue weighted by Gasteiger charge is -2.38. The summed E-state index contributed by atoms with van der Waals surface area (Å²) in [5.74, 6) is -2.88. The summed E-state index contributed by atoms with van der Waals surface area (Å²) < 4.78 is 68.5. The number of nitrogens with zero attached hydrogens (tertiary/aromatic N) is 2. The van der Waals surface area contributed by atoms with Crippen molar-refractivity contribution >= 4 is 27.7 Å². The minimum Gasteiger partial charge on any atom is -0.271 e. The third-order valence-corrected chi connectivity index (χ3v) is 10.1. The van der Waals surface area contributed by atoms with Crippen LogP contribution in [0.3, 0.4) is 0 Å². The molecule has 3 amide bonds. The van der Waals surface area contributed by atoms with E-state index in [0.29, 0.717) is 24.2 Å². The highest BCUT2D eigenvalue weighted by Gasteiger charge is 2.65. The quantitative estimate of drug-likeness (QED) is 0.594. The summed E-state index contributed by atoms with van der Waals surface area (Å²) in [5, 5.41) is 0. The van der Waals surface area contributed by atoms with Crippen molar-refractivity contribution in [2.24, 2.45) is 16.7 Å². The number of sulfonamides is 1. The van der Waals surface area contributed by atoms with E-state index in [0.717, 1.165) is 24.6 Å². The zero-order valence-electron chi connectivity index (χ0n) is 18.8. The summed E-state index contributed by atoms with van der Waals surface area (Å²) >= 11 is 0. The van der Waals surface area contributed by atoms with Gasteiger partial charge in [0.05, 0.1) is 28.3 Å². The Bertz CT molecular complexity index is 1180. The van der Waals surface area contributed by atoms with Crippen LogP contribution in [0.5, 0.6) is 0 Å². The zero-order valence-corrected chi connectivity index (χ0v) is 19.6. The first kappa shape index (κ1) is 23.3. The van der Waals surface area contributed by atoms with Gasteiger partial charge >= 0.3 is 6.18 Å². The van der Waals surface area contributed by atoms with Crippen LogP contribution in [0.4, 0.5) is 13.2 Å². The number of imide groups is 1. The van der Waals surface area contributed by atoms with Gasteiger partial charge in [-0.3, -0.25) is 19.3 Å². The number of carbonyl (C=O) groups excluding carboxylic acids is 3. The fraction of sp³-hybridized carbons (Fsp3) is 0.609. The van der Waals surface area contributed by atoms with Gasteiger partial charge in [-0.15, -0.1) is 0 Å². The van der Waals surface area contributed by atoms with Gasteiger partial charge in [0.15, 0.2) is 0 Å². The Morgan fingerprint density at radius 3 is 2.26 bits per heavy atom. The number of hydrogen-bond donors (Lipinski definition) is 0. The molecule has 4 aliphatic rings. The van der Waals surface area contributed by atoms with E-state index in [1.807, 2.05) is 0 Å². The number of amides is 3. The molecule has 0 radical (unpaired) electrons. The van der Waals surface area contributed by atoms with E-state index in [9.17, 15) is 36.0 Å². The highest BCUT2D eigenvalue weighted by Crippen LogP contribution is 2.60.